The number of benzene rings is 2. The third-order valence-electron chi connectivity index (χ3n) is 10.1. The molecule has 1 heterocycles. The lowest BCUT2D eigenvalue weighted by atomic mass is 9.67. The summed E-state index contributed by atoms with van der Waals surface area (Å²) in [5.41, 5.74) is 7.31. The van der Waals surface area contributed by atoms with Gasteiger partial charge in [-0.3, -0.25) is 10.2 Å². The second-order valence-electron chi connectivity index (χ2n) is 14.3. The zero-order valence-corrected chi connectivity index (χ0v) is 28.7. The number of hydrogen-bond donors (Lipinski definition) is 3. The Hall–Kier alpha value is -4.09. The Labute approximate surface area is 275 Å². The van der Waals surface area contributed by atoms with E-state index >= 15 is 0 Å². The number of aryl methyl sites for hydroxylation is 2. The molecule has 5 atom stereocenters. The molecule has 2 fully saturated rings. The molecule has 1 amide bonds. The standard InChI is InChI=1S/C38H51N7O/c1-23(2)42-37(40)38(20-24(3)41-22-25(4)45-32(21-39)18-31-19-35(31)45)33-14-12-27(26(5)43(6)7)16-28(33)10-11-29-17-30(13-15-34(29)38)36(46)44(8)9/h12-17,23-24,31-32,35,41H,4-5,10-11,18-20,22H2,1-3,6-9H3,(H2,40,42)/t24-,31-,32?,35+,38?/m1/s1. The van der Waals surface area contributed by atoms with Crippen LogP contribution in [0.2, 0.25) is 0 Å². The third kappa shape index (κ3) is 6.18. The molecule has 0 radical (unpaired) electrons. The molecule has 1 saturated heterocycles. The van der Waals surface area contributed by atoms with Gasteiger partial charge in [-0.15, -0.1) is 0 Å². The summed E-state index contributed by atoms with van der Waals surface area (Å²) < 4.78 is 0. The number of amides is 1. The average molecular weight is 622 g/mol. The molecule has 0 spiro atoms. The van der Waals surface area contributed by atoms with Crippen molar-refractivity contribution in [1.29, 1.82) is 10.7 Å². The third-order valence-corrected chi connectivity index (χ3v) is 10.1. The summed E-state index contributed by atoms with van der Waals surface area (Å²) in [5.74, 6) is 1.05. The molecule has 5 rings (SSSR count). The quantitative estimate of drug-likeness (QED) is 0.237. The van der Waals surface area contributed by atoms with Crippen molar-refractivity contribution < 1.29 is 4.79 Å². The van der Waals surface area contributed by atoms with Gasteiger partial charge in [0, 0.05) is 69.8 Å². The van der Waals surface area contributed by atoms with Crippen LogP contribution < -0.4 is 10.6 Å². The Morgan fingerprint density at radius 2 is 1.63 bits per heavy atom. The highest BCUT2D eigenvalue weighted by molar-refractivity contribution is 5.97. The summed E-state index contributed by atoms with van der Waals surface area (Å²) in [5, 5.41) is 26.8. The zero-order valence-electron chi connectivity index (χ0n) is 28.7. The smallest absolute Gasteiger partial charge is 0.253 e. The highest BCUT2D eigenvalue weighted by Crippen LogP contribution is 2.49. The van der Waals surface area contributed by atoms with E-state index in [0.717, 1.165) is 59.3 Å². The van der Waals surface area contributed by atoms with Crippen molar-refractivity contribution in [3.05, 3.63) is 88.6 Å². The summed E-state index contributed by atoms with van der Waals surface area (Å²) in [7, 11) is 7.57. The van der Waals surface area contributed by atoms with Gasteiger partial charge in [-0.1, -0.05) is 31.4 Å². The van der Waals surface area contributed by atoms with Crippen LogP contribution in [0.1, 0.15) is 78.2 Å². The molecule has 0 bridgehead atoms. The predicted molar refractivity (Wildman–Crippen MR) is 187 cm³/mol. The number of nitrogens with zero attached hydrogens (tertiary/aromatic N) is 4. The first-order valence-electron chi connectivity index (χ1n) is 16.6. The first-order chi connectivity index (χ1) is 21.8. The van der Waals surface area contributed by atoms with E-state index in [9.17, 15) is 15.5 Å². The molecule has 3 N–H and O–H groups in total. The number of nitriles is 1. The van der Waals surface area contributed by atoms with E-state index in [-0.39, 0.29) is 24.0 Å². The van der Waals surface area contributed by atoms with Gasteiger partial charge in [0.2, 0.25) is 0 Å². The van der Waals surface area contributed by atoms with Crippen LogP contribution in [0, 0.1) is 22.7 Å². The number of piperidine rings is 1. The highest BCUT2D eigenvalue weighted by atomic mass is 16.2. The van der Waals surface area contributed by atoms with Crippen LogP contribution in [-0.2, 0) is 18.3 Å². The van der Waals surface area contributed by atoms with Crippen molar-refractivity contribution in [2.45, 2.75) is 82.5 Å². The van der Waals surface area contributed by atoms with Crippen molar-refractivity contribution in [1.82, 2.24) is 25.3 Å². The molecule has 46 heavy (non-hydrogen) atoms. The van der Waals surface area contributed by atoms with Crippen molar-refractivity contribution in [3.8, 4) is 6.07 Å². The molecule has 244 valence electrons. The van der Waals surface area contributed by atoms with Gasteiger partial charge in [0.1, 0.15) is 11.9 Å². The van der Waals surface area contributed by atoms with Gasteiger partial charge < -0.3 is 25.3 Å². The predicted octanol–water partition coefficient (Wildman–Crippen LogP) is 5.15. The highest BCUT2D eigenvalue weighted by Gasteiger charge is 2.52. The number of rotatable bonds is 11. The lowest BCUT2D eigenvalue weighted by Gasteiger charge is -2.40. The molecule has 1 saturated carbocycles. The average Bonchev–Trinajstić information content (AvgIpc) is 3.71. The molecule has 8 nitrogen and oxygen atoms in total. The lowest BCUT2D eigenvalue weighted by molar-refractivity contribution is 0.0827. The van der Waals surface area contributed by atoms with Crippen LogP contribution in [0.4, 0.5) is 0 Å². The van der Waals surface area contributed by atoms with Crippen molar-refractivity contribution in [3.63, 3.8) is 0 Å². The van der Waals surface area contributed by atoms with E-state index in [1.54, 1.807) is 19.0 Å². The minimum absolute atomic E-state index is 0.00232. The first kappa shape index (κ1) is 33.3. The van der Waals surface area contributed by atoms with E-state index in [1.807, 2.05) is 31.1 Å². The number of amidine groups is 1. The van der Waals surface area contributed by atoms with Gasteiger partial charge in [-0.2, -0.15) is 5.26 Å². The van der Waals surface area contributed by atoms with E-state index in [0.29, 0.717) is 36.3 Å². The molecular formula is C38H51N7O. The summed E-state index contributed by atoms with van der Waals surface area (Å²) in [4.78, 5) is 19.0. The second-order valence-corrected chi connectivity index (χ2v) is 14.3. The van der Waals surface area contributed by atoms with Crippen LogP contribution in [-0.4, -0.2) is 85.3 Å². The molecule has 0 aromatic heterocycles. The Morgan fingerprint density at radius 3 is 2.20 bits per heavy atom. The molecule has 2 unspecified atom stereocenters. The number of nitrogens with one attached hydrogen (secondary N) is 3. The summed E-state index contributed by atoms with van der Waals surface area (Å²) in [6.07, 6.45) is 4.27. The summed E-state index contributed by atoms with van der Waals surface area (Å²) >= 11 is 0. The van der Waals surface area contributed by atoms with E-state index in [4.69, 9.17) is 0 Å². The van der Waals surface area contributed by atoms with Gasteiger partial charge in [-0.25, -0.2) is 0 Å². The van der Waals surface area contributed by atoms with Crippen molar-refractivity contribution in [2.75, 3.05) is 34.7 Å². The van der Waals surface area contributed by atoms with Crippen LogP contribution in [0.25, 0.3) is 5.70 Å². The van der Waals surface area contributed by atoms with Gasteiger partial charge in [0.05, 0.1) is 11.5 Å². The van der Waals surface area contributed by atoms with Crippen molar-refractivity contribution in [2.24, 2.45) is 5.92 Å². The van der Waals surface area contributed by atoms with Gasteiger partial charge in [0.25, 0.3) is 5.91 Å². The van der Waals surface area contributed by atoms with Crippen LogP contribution in [0.15, 0.2) is 55.3 Å². The maximum Gasteiger partial charge on any atom is 0.253 e. The van der Waals surface area contributed by atoms with Gasteiger partial charge in [0.15, 0.2) is 0 Å². The summed E-state index contributed by atoms with van der Waals surface area (Å²) in [6, 6.07) is 15.5. The molecule has 2 aromatic rings. The van der Waals surface area contributed by atoms with E-state index in [2.05, 4.69) is 79.8 Å². The number of carbonyl (C=O) groups is 1. The molecule has 8 heteroatoms. The molecule has 1 aliphatic heterocycles. The Balaban J connectivity index is 1.58. The van der Waals surface area contributed by atoms with Crippen molar-refractivity contribution >= 4 is 17.4 Å². The van der Waals surface area contributed by atoms with Gasteiger partial charge in [-0.05, 0) is 105 Å². The summed E-state index contributed by atoms with van der Waals surface area (Å²) in [6.45, 7) is 15.6. The number of carbonyl (C=O) groups excluding carboxylic acids is 1. The minimum Gasteiger partial charge on any atom is -0.378 e. The number of hydrogen-bond acceptors (Lipinski definition) is 6. The largest absolute Gasteiger partial charge is 0.378 e. The maximum absolute atomic E-state index is 13.1. The Morgan fingerprint density at radius 1 is 1.02 bits per heavy atom. The molecule has 2 aromatic carbocycles. The topological polar surface area (TPSA) is 98.5 Å². The minimum atomic E-state index is -0.790. The Kier molecular flexibility index (Phi) is 9.38. The number of fused-ring (bicyclic) bond motifs is 3. The Bertz CT molecular complexity index is 1510. The van der Waals surface area contributed by atoms with E-state index < -0.39 is 5.41 Å². The zero-order chi connectivity index (χ0) is 33.5. The molecule has 3 aliphatic rings. The molecule has 2 aliphatic carbocycles. The SMILES string of the molecule is C=C(c1ccc2c(c1)CCc1cc(C(=O)N(C)C)ccc1C2(C[C@@H](C)NCC(=C)N1C(C#N)C[C@@H]2C[C@@H]21)C(=N)NC(C)C)N(C)C. The van der Waals surface area contributed by atoms with Crippen LogP contribution in [0.5, 0.6) is 0 Å². The lowest BCUT2D eigenvalue weighted by Crippen LogP contribution is -2.51. The van der Waals surface area contributed by atoms with Gasteiger partial charge >= 0.3 is 0 Å². The fourth-order valence-electron chi connectivity index (χ4n) is 7.62. The normalized spacial score (nSPS) is 23.3. The maximum atomic E-state index is 13.1. The first-order valence-corrected chi connectivity index (χ1v) is 16.6. The van der Waals surface area contributed by atoms with E-state index in [1.165, 1.54) is 5.56 Å². The number of likely N-dealkylation sites (tertiary alicyclic amines) is 1. The molecular weight excluding hydrogens is 570 g/mol. The fourth-order valence-corrected chi connectivity index (χ4v) is 7.62. The second kappa shape index (κ2) is 13.0. The fraction of sp³-hybridized carbons (Fsp3) is 0.500. The monoisotopic (exact) mass is 621 g/mol. The van der Waals surface area contributed by atoms with Crippen LogP contribution >= 0.6 is 0 Å². The van der Waals surface area contributed by atoms with Crippen LogP contribution in [0.3, 0.4) is 0 Å².